The highest BCUT2D eigenvalue weighted by atomic mass is 32.2. The number of H-pyrrole nitrogens is 1. The van der Waals surface area contributed by atoms with Gasteiger partial charge in [-0.1, -0.05) is 26.7 Å². The molecule has 21 heavy (non-hydrogen) atoms. The Morgan fingerprint density at radius 2 is 2.10 bits per heavy atom. The number of fused-ring (bicyclic) bond motifs is 1. The van der Waals surface area contributed by atoms with Crippen molar-refractivity contribution in [2.24, 2.45) is 11.8 Å². The van der Waals surface area contributed by atoms with Crippen LogP contribution in [0.5, 0.6) is 0 Å². The van der Waals surface area contributed by atoms with Gasteiger partial charge in [-0.15, -0.1) is 0 Å². The van der Waals surface area contributed by atoms with Crippen LogP contribution in [-0.4, -0.2) is 35.3 Å². The molecule has 1 aliphatic heterocycles. The lowest BCUT2D eigenvalue weighted by molar-refractivity contribution is 0.0825. The molecule has 1 saturated heterocycles. The van der Waals surface area contributed by atoms with Crippen LogP contribution in [0.1, 0.15) is 51.8 Å². The van der Waals surface area contributed by atoms with E-state index >= 15 is 0 Å². The SMILES string of the molecule is CCc1ncc(S(=O)(=O)N2CCC(C)C3CCCCC32)[nH]1. The first-order valence-electron chi connectivity index (χ1n) is 8.09. The van der Waals surface area contributed by atoms with Crippen molar-refractivity contribution in [1.29, 1.82) is 0 Å². The summed E-state index contributed by atoms with van der Waals surface area (Å²) in [5.41, 5.74) is 0. The average molecular weight is 311 g/mol. The molecule has 2 fully saturated rings. The van der Waals surface area contributed by atoms with Crippen molar-refractivity contribution in [3.63, 3.8) is 0 Å². The van der Waals surface area contributed by atoms with Crippen LogP contribution in [0.15, 0.2) is 11.2 Å². The Bertz CT molecular complexity index is 596. The maximum atomic E-state index is 12.9. The van der Waals surface area contributed by atoms with Crippen LogP contribution in [0.3, 0.4) is 0 Å². The minimum atomic E-state index is -3.43. The van der Waals surface area contributed by atoms with Crippen molar-refractivity contribution < 1.29 is 8.42 Å². The van der Waals surface area contributed by atoms with E-state index in [9.17, 15) is 8.42 Å². The fourth-order valence-electron chi connectivity index (χ4n) is 3.95. The van der Waals surface area contributed by atoms with E-state index < -0.39 is 10.0 Å². The van der Waals surface area contributed by atoms with E-state index in [2.05, 4.69) is 16.9 Å². The van der Waals surface area contributed by atoms with E-state index in [1.54, 1.807) is 4.31 Å². The summed E-state index contributed by atoms with van der Waals surface area (Å²) in [4.78, 5) is 7.12. The van der Waals surface area contributed by atoms with Crippen LogP contribution >= 0.6 is 0 Å². The van der Waals surface area contributed by atoms with E-state index in [1.165, 1.54) is 19.0 Å². The molecule has 6 heteroatoms. The number of aromatic amines is 1. The van der Waals surface area contributed by atoms with E-state index in [-0.39, 0.29) is 11.1 Å². The lowest BCUT2D eigenvalue weighted by atomic mass is 9.74. The van der Waals surface area contributed by atoms with Gasteiger partial charge in [0.2, 0.25) is 0 Å². The second-order valence-corrected chi connectivity index (χ2v) is 8.30. The predicted molar refractivity (Wildman–Crippen MR) is 81.4 cm³/mol. The van der Waals surface area contributed by atoms with Gasteiger partial charge in [-0.2, -0.15) is 4.31 Å². The van der Waals surface area contributed by atoms with Gasteiger partial charge in [0.05, 0.1) is 6.20 Å². The largest absolute Gasteiger partial charge is 0.332 e. The summed E-state index contributed by atoms with van der Waals surface area (Å²) in [5, 5.41) is 0.262. The van der Waals surface area contributed by atoms with Gasteiger partial charge in [0.25, 0.3) is 10.0 Å². The molecule has 0 bridgehead atoms. The standard InChI is InChI=1S/C15H25N3O2S/c1-3-14-16-10-15(17-14)21(19,20)18-9-8-11(2)12-6-4-5-7-13(12)18/h10-13H,3-9H2,1-2H3,(H,16,17). The Morgan fingerprint density at radius 3 is 2.81 bits per heavy atom. The van der Waals surface area contributed by atoms with Gasteiger partial charge in [0, 0.05) is 19.0 Å². The highest BCUT2D eigenvalue weighted by molar-refractivity contribution is 7.89. The molecule has 0 amide bonds. The molecule has 0 radical (unpaired) electrons. The minimum Gasteiger partial charge on any atom is -0.332 e. The quantitative estimate of drug-likeness (QED) is 0.933. The number of imidazole rings is 1. The zero-order valence-corrected chi connectivity index (χ0v) is 13.7. The molecule has 1 aromatic heterocycles. The summed E-state index contributed by atoms with van der Waals surface area (Å²) in [6.07, 6.45) is 7.72. The third-order valence-electron chi connectivity index (χ3n) is 5.21. The third kappa shape index (κ3) is 2.63. The van der Waals surface area contributed by atoms with E-state index in [0.717, 1.165) is 31.5 Å². The number of nitrogens with one attached hydrogen (secondary N) is 1. The average Bonchev–Trinajstić information content (AvgIpc) is 2.97. The van der Waals surface area contributed by atoms with Crippen LogP contribution in [-0.2, 0) is 16.4 Å². The molecule has 118 valence electrons. The summed E-state index contributed by atoms with van der Waals surface area (Å²) in [6, 6.07) is 0.181. The molecular formula is C15H25N3O2S. The Labute approximate surface area is 127 Å². The van der Waals surface area contributed by atoms with E-state index in [4.69, 9.17) is 0 Å². The van der Waals surface area contributed by atoms with Gasteiger partial charge in [0.1, 0.15) is 5.82 Å². The summed E-state index contributed by atoms with van der Waals surface area (Å²) < 4.78 is 27.6. The highest BCUT2D eigenvalue weighted by Crippen LogP contribution is 2.40. The predicted octanol–water partition coefficient (Wildman–Crippen LogP) is 2.56. The van der Waals surface area contributed by atoms with Crippen molar-refractivity contribution in [1.82, 2.24) is 14.3 Å². The number of aromatic nitrogens is 2. The van der Waals surface area contributed by atoms with Gasteiger partial charge in [-0.3, -0.25) is 0 Å². The van der Waals surface area contributed by atoms with E-state index in [0.29, 0.717) is 18.4 Å². The van der Waals surface area contributed by atoms with Crippen LogP contribution in [0.4, 0.5) is 0 Å². The first kappa shape index (κ1) is 15.0. The molecule has 1 saturated carbocycles. The monoisotopic (exact) mass is 311 g/mol. The maximum absolute atomic E-state index is 12.9. The number of hydrogen-bond donors (Lipinski definition) is 1. The molecule has 1 aliphatic carbocycles. The highest BCUT2D eigenvalue weighted by Gasteiger charge is 2.43. The molecule has 2 aliphatic rings. The van der Waals surface area contributed by atoms with Gasteiger partial charge >= 0.3 is 0 Å². The topological polar surface area (TPSA) is 66.1 Å². The lowest BCUT2D eigenvalue weighted by Gasteiger charge is -2.46. The number of piperidine rings is 1. The molecule has 5 nitrogen and oxygen atoms in total. The van der Waals surface area contributed by atoms with Crippen LogP contribution in [0, 0.1) is 11.8 Å². The van der Waals surface area contributed by atoms with Crippen LogP contribution in [0.2, 0.25) is 0 Å². The molecule has 0 spiro atoms. The Hall–Kier alpha value is -0.880. The summed E-state index contributed by atoms with van der Waals surface area (Å²) in [5.74, 6) is 1.89. The van der Waals surface area contributed by atoms with Crippen LogP contribution in [0.25, 0.3) is 0 Å². The Kier molecular flexibility index (Phi) is 4.10. The van der Waals surface area contributed by atoms with Crippen molar-refractivity contribution in [2.75, 3.05) is 6.54 Å². The molecule has 3 unspecified atom stereocenters. The van der Waals surface area contributed by atoms with Crippen molar-refractivity contribution in [2.45, 2.75) is 63.4 Å². The van der Waals surface area contributed by atoms with Gasteiger partial charge in [-0.25, -0.2) is 13.4 Å². The fourth-order valence-corrected chi connectivity index (χ4v) is 5.60. The molecule has 1 aromatic rings. The second-order valence-electron chi connectivity index (χ2n) is 6.45. The number of hydrogen-bond acceptors (Lipinski definition) is 3. The summed E-state index contributed by atoms with van der Waals surface area (Å²) in [7, 11) is -3.43. The zero-order chi connectivity index (χ0) is 15.0. The van der Waals surface area contributed by atoms with Gasteiger partial charge in [-0.05, 0) is 31.1 Å². The summed E-state index contributed by atoms with van der Waals surface area (Å²) in [6.45, 7) is 4.89. The molecule has 1 N–H and O–H groups in total. The Balaban J connectivity index is 1.90. The minimum absolute atomic E-state index is 0.181. The number of nitrogens with zero attached hydrogens (tertiary/aromatic N) is 2. The second kappa shape index (κ2) is 5.72. The fraction of sp³-hybridized carbons (Fsp3) is 0.800. The van der Waals surface area contributed by atoms with Gasteiger partial charge in [0.15, 0.2) is 5.03 Å². The molecule has 0 aromatic carbocycles. The van der Waals surface area contributed by atoms with Crippen LogP contribution < -0.4 is 0 Å². The molecular weight excluding hydrogens is 286 g/mol. The van der Waals surface area contributed by atoms with Crippen molar-refractivity contribution in [3.05, 3.63) is 12.0 Å². The number of rotatable bonds is 3. The maximum Gasteiger partial charge on any atom is 0.260 e. The number of sulfonamides is 1. The summed E-state index contributed by atoms with van der Waals surface area (Å²) >= 11 is 0. The Morgan fingerprint density at radius 1 is 1.33 bits per heavy atom. The molecule has 2 heterocycles. The first-order valence-corrected chi connectivity index (χ1v) is 9.53. The molecule has 3 rings (SSSR count). The lowest BCUT2D eigenvalue weighted by Crippen LogP contribution is -2.52. The third-order valence-corrected chi connectivity index (χ3v) is 7.05. The number of aryl methyl sites for hydroxylation is 1. The molecule has 3 atom stereocenters. The zero-order valence-electron chi connectivity index (χ0n) is 12.9. The van der Waals surface area contributed by atoms with Crippen molar-refractivity contribution in [3.8, 4) is 0 Å². The van der Waals surface area contributed by atoms with E-state index in [1.807, 2.05) is 6.92 Å². The smallest absolute Gasteiger partial charge is 0.260 e. The van der Waals surface area contributed by atoms with Crippen molar-refractivity contribution >= 4 is 10.0 Å². The normalized spacial score (nSPS) is 31.0. The first-order chi connectivity index (χ1) is 10.0. The van der Waals surface area contributed by atoms with Gasteiger partial charge < -0.3 is 4.98 Å².